The second-order valence-electron chi connectivity index (χ2n) is 6.75. The second-order valence-corrected chi connectivity index (χ2v) is 9.84. The maximum atomic E-state index is 12.4. The van der Waals surface area contributed by atoms with E-state index in [2.05, 4.69) is 0 Å². The third-order valence-corrected chi connectivity index (χ3v) is 6.88. The van der Waals surface area contributed by atoms with Crippen molar-refractivity contribution in [3.8, 4) is 23.0 Å². The molecule has 4 rings (SSSR count). The minimum atomic E-state index is -3.98. The van der Waals surface area contributed by atoms with Gasteiger partial charge in [-0.15, -0.1) is 0 Å². The Morgan fingerprint density at radius 3 is 1.27 bits per heavy atom. The molecule has 4 aromatic rings. The molecule has 0 radical (unpaired) electrons. The van der Waals surface area contributed by atoms with Gasteiger partial charge in [-0.1, -0.05) is 36.4 Å². The Morgan fingerprint density at radius 1 is 0.394 bits per heavy atom. The fourth-order valence-corrected chi connectivity index (χ4v) is 4.67. The Hall–Kier alpha value is -3.82. The van der Waals surface area contributed by atoms with E-state index in [9.17, 15) is 16.8 Å². The van der Waals surface area contributed by atoms with Crippen LogP contribution in [-0.4, -0.2) is 16.8 Å². The quantitative estimate of drug-likeness (QED) is 0.326. The summed E-state index contributed by atoms with van der Waals surface area (Å²) >= 11 is 0. The van der Waals surface area contributed by atoms with Crippen molar-refractivity contribution in [1.82, 2.24) is 0 Å². The molecule has 0 saturated carbocycles. The molecule has 0 saturated heterocycles. The lowest BCUT2D eigenvalue weighted by Gasteiger charge is -2.10. The minimum absolute atomic E-state index is 0.0198. The third-order valence-electron chi connectivity index (χ3n) is 4.36. The van der Waals surface area contributed by atoms with Crippen molar-refractivity contribution in [2.45, 2.75) is 9.79 Å². The topological polar surface area (TPSA) is 96.0 Å². The van der Waals surface area contributed by atoms with E-state index in [4.69, 9.17) is 13.1 Å². The number of rotatable bonds is 8. The highest BCUT2D eigenvalue weighted by atomic mass is 32.2. The Bertz CT molecular complexity index is 1420. The molecule has 4 aromatic carbocycles. The highest BCUT2D eigenvalue weighted by Crippen LogP contribution is 2.27. The van der Waals surface area contributed by atoms with E-state index >= 15 is 0 Å². The smallest absolute Gasteiger partial charge is 0.339 e. The molecule has 168 valence electrons. The van der Waals surface area contributed by atoms with Crippen LogP contribution in [0.25, 0.3) is 0 Å². The molecule has 0 aromatic heterocycles. The molecule has 0 bridgehead atoms. The number of benzene rings is 4. The largest absolute Gasteiger partial charge is 0.457 e. The molecule has 0 atom stereocenters. The summed E-state index contributed by atoms with van der Waals surface area (Å²) in [6.45, 7) is 0. The molecule has 9 heteroatoms. The lowest BCUT2D eigenvalue weighted by atomic mass is 10.3. The zero-order valence-corrected chi connectivity index (χ0v) is 18.7. The summed E-state index contributed by atoms with van der Waals surface area (Å²) in [5, 5.41) is 0. The van der Waals surface area contributed by atoms with E-state index in [1.165, 1.54) is 48.5 Å². The van der Waals surface area contributed by atoms with Gasteiger partial charge >= 0.3 is 20.2 Å². The van der Waals surface area contributed by atoms with Gasteiger partial charge in [0.25, 0.3) is 0 Å². The molecular formula is C24H18O7S2. The lowest BCUT2D eigenvalue weighted by molar-refractivity contribution is 0.472. The van der Waals surface area contributed by atoms with Crippen LogP contribution in [0.4, 0.5) is 0 Å². The Balaban J connectivity index is 1.41. The molecule has 0 amide bonds. The van der Waals surface area contributed by atoms with E-state index in [0.717, 1.165) is 0 Å². The normalized spacial score (nSPS) is 11.5. The minimum Gasteiger partial charge on any atom is -0.457 e. The van der Waals surface area contributed by atoms with Gasteiger partial charge < -0.3 is 13.1 Å². The van der Waals surface area contributed by atoms with Gasteiger partial charge in [0.1, 0.15) is 32.8 Å². The van der Waals surface area contributed by atoms with Gasteiger partial charge in [0, 0.05) is 0 Å². The van der Waals surface area contributed by atoms with Gasteiger partial charge in [0.05, 0.1) is 0 Å². The average molecular weight is 483 g/mol. The van der Waals surface area contributed by atoms with Crippen molar-refractivity contribution in [1.29, 1.82) is 0 Å². The first kappa shape index (κ1) is 22.4. The Kier molecular flexibility index (Phi) is 6.34. The molecule has 0 aliphatic carbocycles. The fraction of sp³-hybridized carbons (Fsp3) is 0. The molecule has 7 nitrogen and oxygen atoms in total. The van der Waals surface area contributed by atoms with Gasteiger partial charge in [-0.25, -0.2) is 0 Å². The second kappa shape index (κ2) is 9.35. The first-order valence-electron chi connectivity index (χ1n) is 9.69. The number of para-hydroxylation sites is 1. The summed E-state index contributed by atoms with van der Waals surface area (Å²) < 4.78 is 65.3. The number of hydrogen-bond acceptors (Lipinski definition) is 7. The van der Waals surface area contributed by atoms with Crippen LogP contribution in [-0.2, 0) is 20.2 Å². The number of hydrogen-bond donors (Lipinski definition) is 0. The zero-order chi connectivity index (χ0) is 23.3. The highest BCUT2D eigenvalue weighted by Gasteiger charge is 2.17. The molecule has 0 fully saturated rings. The fourth-order valence-electron chi connectivity index (χ4n) is 2.79. The predicted molar refractivity (Wildman–Crippen MR) is 121 cm³/mol. The summed E-state index contributed by atoms with van der Waals surface area (Å²) in [5.74, 6) is 1.15. The molecule has 0 aliphatic heterocycles. The van der Waals surface area contributed by atoms with E-state index in [1.807, 2.05) is 0 Å². The maximum absolute atomic E-state index is 12.4. The number of ether oxygens (including phenoxy) is 1. The van der Waals surface area contributed by atoms with E-state index in [1.54, 1.807) is 60.7 Å². The van der Waals surface area contributed by atoms with Crippen LogP contribution < -0.4 is 13.1 Å². The van der Waals surface area contributed by atoms with Crippen LogP contribution in [0.5, 0.6) is 23.0 Å². The van der Waals surface area contributed by atoms with E-state index in [-0.39, 0.29) is 21.3 Å². The van der Waals surface area contributed by atoms with E-state index in [0.29, 0.717) is 11.5 Å². The van der Waals surface area contributed by atoms with Crippen LogP contribution in [0.15, 0.2) is 119 Å². The third kappa shape index (κ3) is 5.71. The summed E-state index contributed by atoms with van der Waals surface area (Å²) in [4.78, 5) is 0.0326. The van der Waals surface area contributed by atoms with Crippen LogP contribution in [0.1, 0.15) is 0 Å². The lowest BCUT2D eigenvalue weighted by Crippen LogP contribution is -2.09. The van der Waals surface area contributed by atoms with Crippen LogP contribution >= 0.6 is 0 Å². The van der Waals surface area contributed by atoms with Crippen molar-refractivity contribution in [3.63, 3.8) is 0 Å². The van der Waals surface area contributed by atoms with Crippen molar-refractivity contribution in [2.24, 2.45) is 0 Å². The van der Waals surface area contributed by atoms with Crippen molar-refractivity contribution < 1.29 is 29.9 Å². The van der Waals surface area contributed by atoms with E-state index < -0.39 is 20.2 Å². The monoisotopic (exact) mass is 482 g/mol. The average Bonchev–Trinajstić information content (AvgIpc) is 2.81. The molecule has 0 spiro atoms. The summed E-state index contributed by atoms with van der Waals surface area (Å²) in [7, 11) is -7.91. The van der Waals surface area contributed by atoms with Crippen molar-refractivity contribution in [2.75, 3.05) is 0 Å². The Labute approximate surface area is 192 Å². The van der Waals surface area contributed by atoms with Gasteiger partial charge in [-0.2, -0.15) is 16.8 Å². The van der Waals surface area contributed by atoms with Gasteiger partial charge in [-0.3, -0.25) is 0 Å². The van der Waals surface area contributed by atoms with Gasteiger partial charge in [0.15, 0.2) is 0 Å². The Morgan fingerprint density at radius 2 is 0.758 bits per heavy atom. The summed E-state index contributed by atoms with van der Waals surface area (Å²) in [5.41, 5.74) is 0. The summed E-state index contributed by atoms with van der Waals surface area (Å²) in [6.07, 6.45) is 0. The maximum Gasteiger partial charge on any atom is 0.339 e. The standard InChI is InChI=1S/C24H18O7S2/c25-32(26,23-9-5-2-6-10-23)31-22-13-11-19(12-14-22)29-20-15-17-24(18-16-20)33(27,28)30-21-7-3-1-4-8-21/h1-18H. The molecule has 0 heterocycles. The first-order chi connectivity index (χ1) is 15.8. The van der Waals surface area contributed by atoms with Crippen molar-refractivity contribution >= 4 is 20.2 Å². The highest BCUT2D eigenvalue weighted by molar-refractivity contribution is 7.87. The predicted octanol–water partition coefficient (Wildman–Crippen LogP) is 5.01. The van der Waals surface area contributed by atoms with Crippen molar-refractivity contribution in [3.05, 3.63) is 109 Å². The van der Waals surface area contributed by atoms with Crippen LogP contribution in [0.2, 0.25) is 0 Å². The van der Waals surface area contributed by atoms with Crippen LogP contribution in [0.3, 0.4) is 0 Å². The van der Waals surface area contributed by atoms with Gasteiger partial charge in [-0.05, 0) is 72.8 Å². The molecular weight excluding hydrogens is 464 g/mol. The van der Waals surface area contributed by atoms with Crippen LogP contribution in [0, 0.1) is 0 Å². The molecule has 0 unspecified atom stereocenters. The molecule has 0 N–H and O–H groups in total. The molecule has 0 aliphatic rings. The zero-order valence-electron chi connectivity index (χ0n) is 17.1. The first-order valence-corrected chi connectivity index (χ1v) is 12.5. The van der Waals surface area contributed by atoms with Gasteiger partial charge in [0.2, 0.25) is 0 Å². The summed E-state index contributed by atoms with van der Waals surface area (Å²) in [6, 6.07) is 27.8. The molecule has 33 heavy (non-hydrogen) atoms. The SMILES string of the molecule is O=S(=O)(Oc1ccc(Oc2ccc(S(=O)(=O)Oc3ccccc3)cc2)cc1)c1ccccc1.